The van der Waals surface area contributed by atoms with Crippen LogP contribution in [0.25, 0.3) is 0 Å². The van der Waals surface area contributed by atoms with Gasteiger partial charge in [0.15, 0.2) is 0 Å². The number of carboxylic acids is 1. The van der Waals surface area contributed by atoms with Crippen LogP contribution in [-0.4, -0.2) is 11.1 Å². The summed E-state index contributed by atoms with van der Waals surface area (Å²) >= 11 is 0. The molecule has 5 atom stereocenters. The highest BCUT2D eigenvalue weighted by Crippen LogP contribution is 2.62. The van der Waals surface area contributed by atoms with E-state index in [9.17, 15) is 9.90 Å². The number of rotatable bonds is 2. The molecule has 3 rings (SSSR count). The van der Waals surface area contributed by atoms with E-state index < -0.39 is 11.4 Å². The molecule has 3 aliphatic rings. The third-order valence-electron chi connectivity index (χ3n) is 7.59. The van der Waals surface area contributed by atoms with Crippen LogP contribution >= 0.6 is 0 Å². The van der Waals surface area contributed by atoms with E-state index in [1.807, 2.05) is 6.92 Å². The number of hydrogen-bond donors (Lipinski definition) is 1. The monoisotopic (exact) mass is 304 g/mol. The lowest BCUT2D eigenvalue weighted by molar-refractivity contribution is -0.163. The van der Waals surface area contributed by atoms with Crippen molar-refractivity contribution < 1.29 is 9.90 Å². The van der Waals surface area contributed by atoms with Crippen LogP contribution in [-0.2, 0) is 4.79 Å². The molecular weight excluding hydrogens is 272 g/mol. The van der Waals surface area contributed by atoms with Crippen LogP contribution in [0.5, 0.6) is 0 Å². The van der Waals surface area contributed by atoms with E-state index in [0.29, 0.717) is 11.8 Å². The quantitative estimate of drug-likeness (QED) is 0.704. The topological polar surface area (TPSA) is 37.3 Å². The summed E-state index contributed by atoms with van der Waals surface area (Å²) in [7, 11) is 0. The van der Waals surface area contributed by atoms with Gasteiger partial charge in [-0.1, -0.05) is 38.8 Å². The third-order valence-corrected chi connectivity index (χ3v) is 7.59. The smallest absolute Gasteiger partial charge is 0.309 e. The van der Waals surface area contributed by atoms with Crippen LogP contribution < -0.4 is 0 Å². The fourth-order valence-electron chi connectivity index (χ4n) is 6.05. The van der Waals surface area contributed by atoms with Crippen molar-refractivity contribution in [1.29, 1.82) is 0 Å². The first-order chi connectivity index (χ1) is 10.3. The van der Waals surface area contributed by atoms with E-state index in [2.05, 4.69) is 26.8 Å². The Balaban J connectivity index is 1.92. The van der Waals surface area contributed by atoms with Gasteiger partial charge in [0.05, 0.1) is 5.41 Å². The van der Waals surface area contributed by atoms with Crippen LogP contribution in [0.4, 0.5) is 0 Å². The van der Waals surface area contributed by atoms with Crippen molar-refractivity contribution in [2.24, 2.45) is 34.5 Å². The van der Waals surface area contributed by atoms with Gasteiger partial charge in [0.25, 0.3) is 0 Å². The maximum absolute atomic E-state index is 12.0. The van der Waals surface area contributed by atoms with Gasteiger partial charge < -0.3 is 5.11 Å². The summed E-state index contributed by atoms with van der Waals surface area (Å²) in [4.78, 5) is 12.0. The highest BCUT2D eigenvalue weighted by atomic mass is 16.4. The number of fused-ring (bicyclic) bond motifs is 3. The van der Waals surface area contributed by atoms with Crippen LogP contribution in [0.3, 0.4) is 0 Å². The maximum Gasteiger partial charge on any atom is 0.309 e. The minimum Gasteiger partial charge on any atom is -0.481 e. The van der Waals surface area contributed by atoms with E-state index in [1.54, 1.807) is 5.57 Å². The maximum atomic E-state index is 12.0. The molecule has 2 heteroatoms. The molecular formula is C20H32O2. The minimum absolute atomic E-state index is 0.206. The second kappa shape index (κ2) is 5.39. The molecule has 0 aromatic heterocycles. The first-order valence-corrected chi connectivity index (χ1v) is 9.21. The molecule has 0 aliphatic heterocycles. The SMILES string of the molecule is CC(C)C1CC[C@@H]2C(=CCC3[C@]2(C)CCC[C@]3(C)C(=O)O)C1. The van der Waals surface area contributed by atoms with Gasteiger partial charge in [-0.05, 0) is 74.5 Å². The molecule has 2 nitrogen and oxygen atoms in total. The Morgan fingerprint density at radius 1 is 1.27 bits per heavy atom. The Bertz CT molecular complexity index is 492. The van der Waals surface area contributed by atoms with Gasteiger partial charge in [-0.25, -0.2) is 0 Å². The molecule has 124 valence electrons. The second-order valence-electron chi connectivity index (χ2n) is 8.99. The largest absolute Gasteiger partial charge is 0.481 e. The van der Waals surface area contributed by atoms with E-state index in [-0.39, 0.29) is 5.41 Å². The number of carbonyl (C=O) groups is 1. The Labute approximate surface area is 135 Å². The molecule has 2 saturated carbocycles. The van der Waals surface area contributed by atoms with Gasteiger partial charge >= 0.3 is 5.97 Å². The highest BCUT2D eigenvalue weighted by Gasteiger charge is 2.57. The van der Waals surface area contributed by atoms with Gasteiger partial charge in [-0.2, -0.15) is 0 Å². The molecule has 0 spiro atoms. The van der Waals surface area contributed by atoms with Crippen LogP contribution in [0.15, 0.2) is 11.6 Å². The molecule has 2 fully saturated rings. The van der Waals surface area contributed by atoms with E-state index in [4.69, 9.17) is 0 Å². The van der Waals surface area contributed by atoms with Crippen molar-refractivity contribution in [3.8, 4) is 0 Å². The number of carboxylic acid groups (broad SMARTS) is 1. The zero-order chi connectivity index (χ0) is 16.1. The fraction of sp³-hybridized carbons (Fsp3) is 0.850. The number of allylic oxidation sites excluding steroid dienone is 2. The van der Waals surface area contributed by atoms with Crippen molar-refractivity contribution in [2.75, 3.05) is 0 Å². The van der Waals surface area contributed by atoms with E-state index in [0.717, 1.165) is 31.1 Å². The summed E-state index contributed by atoms with van der Waals surface area (Å²) < 4.78 is 0. The minimum atomic E-state index is -0.573. The predicted molar refractivity (Wildman–Crippen MR) is 89.6 cm³/mol. The number of aliphatic carboxylic acids is 1. The second-order valence-corrected chi connectivity index (χ2v) is 8.99. The Kier molecular flexibility index (Phi) is 3.94. The summed E-state index contributed by atoms with van der Waals surface area (Å²) in [5.41, 5.74) is 1.35. The summed E-state index contributed by atoms with van der Waals surface area (Å²) in [6.45, 7) is 9.11. The van der Waals surface area contributed by atoms with Crippen molar-refractivity contribution in [3.05, 3.63) is 11.6 Å². The van der Waals surface area contributed by atoms with E-state index in [1.165, 1.54) is 25.7 Å². The summed E-state index contributed by atoms with van der Waals surface area (Å²) in [6.07, 6.45) is 10.4. The first-order valence-electron chi connectivity index (χ1n) is 9.21. The van der Waals surface area contributed by atoms with Crippen molar-refractivity contribution in [2.45, 2.75) is 72.6 Å². The van der Waals surface area contributed by atoms with Gasteiger partial charge in [0, 0.05) is 0 Å². The average Bonchev–Trinajstić information content (AvgIpc) is 2.46. The first kappa shape index (κ1) is 16.1. The van der Waals surface area contributed by atoms with Crippen molar-refractivity contribution in [3.63, 3.8) is 0 Å². The summed E-state index contributed by atoms with van der Waals surface area (Å²) in [5, 5.41) is 9.84. The molecule has 0 bridgehead atoms. The molecule has 22 heavy (non-hydrogen) atoms. The molecule has 0 radical (unpaired) electrons. The Hall–Kier alpha value is -0.790. The van der Waals surface area contributed by atoms with Crippen LogP contribution in [0.1, 0.15) is 72.6 Å². The lowest BCUT2D eigenvalue weighted by Gasteiger charge is -2.58. The zero-order valence-corrected chi connectivity index (χ0v) is 14.7. The molecule has 0 aromatic carbocycles. The average molecular weight is 304 g/mol. The molecule has 0 amide bonds. The number of hydrogen-bond acceptors (Lipinski definition) is 1. The van der Waals surface area contributed by atoms with E-state index >= 15 is 0 Å². The van der Waals surface area contributed by atoms with Crippen LogP contribution in [0.2, 0.25) is 0 Å². The molecule has 3 aliphatic carbocycles. The third kappa shape index (κ3) is 2.25. The fourth-order valence-corrected chi connectivity index (χ4v) is 6.05. The molecule has 0 aromatic rings. The lowest BCUT2D eigenvalue weighted by atomic mass is 9.46. The van der Waals surface area contributed by atoms with Gasteiger partial charge in [-0.3, -0.25) is 4.79 Å². The standard InChI is InChI=1S/C20H32O2/c1-13(2)14-6-8-16-15(12-14)7-9-17-19(16,3)10-5-11-20(17,4)18(21)22/h7,13-14,16-17H,5-6,8-12H2,1-4H3,(H,21,22)/t14?,16-,17?,19-,20+/m1/s1. The molecule has 0 heterocycles. The summed E-state index contributed by atoms with van der Waals surface area (Å²) in [5.74, 6) is 1.98. The lowest BCUT2D eigenvalue weighted by Crippen LogP contribution is -2.53. The summed E-state index contributed by atoms with van der Waals surface area (Å²) in [6, 6.07) is 0. The Morgan fingerprint density at radius 2 is 2.00 bits per heavy atom. The van der Waals surface area contributed by atoms with Crippen molar-refractivity contribution >= 4 is 5.97 Å². The zero-order valence-electron chi connectivity index (χ0n) is 14.7. The molecule has 0 saturated heterocycles. The van der Waals surface area contributed by atoms with Gasteiger partial charge in [0.2, 0.25) is 0 Å². The molecule has 1 N–H and O–H groups in total. The van der Waals surface area contributed by atoms with Gasteiger partial charge in [-0.15, -0.1) is 0 Å². The predicted octanol–water partition coefficient (Wildman–Crippen LogP) is 5.29. The van der Waals surface area contributed by atoms with Crippen LogP contribution in [0, 0.1) is 34.5 Å². The normalized spacial score (nSPS) is 45.0. The van der Waals surface area contributed by atoms with Gasteiger partial charge in [0.1, 0.15) is 0 Å². The van der Waals surface area contributed by atoms with Crippen molar-refractivity contribution in [1.82, 2.24) is 0 Å². The Morgan fingerprint density at radius 3 is 2.64 bits per heavy atom. The molecule has 2 unspecified atom stereocenters. The highest BCUT2D eigenvalue weighted by molar-refractivity contribution is 5.75.